The lowest BCUT2D eigenvalue weighted by Gasteiger charge is -2.28. The van der Waals surface area contributed by atoms with Crippen LogP contribution < -0.4 is 16.2 Å². The molecule has 11 nitrogen and oxygen atoms in total. The van der Waals surface area contributed by atoms with E-state index >= 15 is 0 Å². The molecule has 1 aliphatic rings. The summed E-state index contributed by atoms with van der Waals surface area (Å²) in [4.78, 5) is 35.8. The van der Waals surface area contributed by atoms with Crippen LogP contribution in [0.25, 0.3) is 22.2 Å². The zero-order valence-electron chi connectivity index (χ0n) is 21.6. The number of aromatic nitrogens is 3. The molecule has 4 atom stereocenters. The molecular formula is C26H34N6O5. The van der Waals surface area contributed by atoms with E-state index in [1.807, 2.05) is 48.9 Å². The van der Waals surface area contributed by atoms with Gasteiger partial charge in [-0.15, -0.1) is 0 Å². The SMILES string of the molecule is CCOC(=O)OC1CC(n2cc(-c3cccc(OC)c3)c3c(N)ncnc32)CN1C(=O)C(N)C(C)CC. The van der Waals surface area contributed by atoms with Gasteiger partial charge in [-0.3, -0.25) is 4.79 Å². The van der Waals surface area contributed by atoms with Crippen LogP contribution in [0.3, 0.4) is 0 Å². The normalized spacial score (nSPS) is 19.0. The molecule has 198 valence electrons. The molecular weight excluding hydrogens is 476 g/mol. The van der Waals surface area contributed by atoms with E-state index in [0.717, 1.165) is 17.5 Å². The quantitative estimate of drug-likeness (QED) is 0.435. The molecule has 11 heteroatoms. The summed E-state index contributed by atoms with van der Waals surface area (Å²) in [5.41, 5.74) is 14.9. The number of benzene rings is 1. The van der Waals surface area contributed by atoms with Crippen LogP contribution >= 0.6 is 0 Å². The fourth-order valence-corrected chi connectivity index (χ4v) is 4.67. The average molecular weight is 511 g/mol. The van der Waals surface area contributed by atoms with Gasteiger partial charge >= 0.3 is 6.16 Å². The number of rotatable bonds is 8. The summed E-state index contributed by atoms with van der Waals surface area (Å²) in [6.07, 6.45) is 2.78. The van der Waals surface area contributed by atoms with Gasteiger partial charge in [-0.05, 0) is 30.5 Å². The lowest BCUT2D eigenvalue weighted by atomic mass is 9.99. The first-order chi connectivity index (χ1) is 17.8. The lowest BCUT2D eigenvalue weighted by molar-refractivity contribution is -0.141. The van der Waals surface area contributed by atoms with Gasteiger partial charge in [-0.1, -0.05) is 32.4 Å². The first kappa shape index (κ1) is 26.2. The van der Waals surface area contributed by atoms with Crippen LogP contribution in [-0.4, -0.2) is 64.0 Å². The zero-order chi connectivity index (χ0) is 26.7. The molecule has 4 unspecified atom stereocenters. The molecule has 4 rings (SSSR count). The van der Waals surface area contributed by atoms with E-state index in [0.29, 0.717) is 29.0 Å². The summed E-state index contributed by atoms with van der Waals surface area (Å²) in [6, 6.07) is 6.64. The monoisotopic (exact) mass is 510 g/mol. The Balaban J connectivity index is 1.75. The molecule has 1 fully saturated rings. The number of likely N-dealkylation sites (tertiary alicyclic amines) is 1. The largest absolute Gasteiger partial charge is 0.510 e. The molecule has 1 aromatic carbocycles. The molecule has 0 bridgehead atoms. The number of anilines is 1. The third-order valence-corrected chi connectivity index (χ3v) is 6.96. The van der Waals surface area contributed by atoms with Gasteiger partial charge in [0.05, 0.1) is 31.2 Å². The number of hydrogen-bond acceptors (Lipinski definition) is 9. The van der Waals surface area contributed by atoms with Crippen molar-refractivity contribution < 1.29 is 23.8 Å². The number of hydrogen-bond donors (Lipinski definition) is 2. The molecule has 1 aliphatic heterocycles. The highest BCUT2D eigenvalue weighted by molar-refractivity contribution is 6.00. The van der Waals surface area contributed by atoms with E-state index < -0.39 is 18.4 Å². The molecule has 0 saturated carbocycles. The second-order valence-corrected chi connectivity index (χ2v) is 9.19. The predicted molar refractivity (Wildman–Crippen MR) is 139 cm³/mol. The maximum absolute atomic E-state index is 13.4. The summed E-state index contributed by atoms with van der Waals surface area (Å²) in [5.74, 6) is 0.734. The smallest absolute Gasteiger partial charge is 0.497 e. The fourth-order valence-electron chi connectivity index (χ4n) is 4.67. The van der Waals surface area contributed by atoms with Gasteiger partial charge in [0.2, 0.25) is 5.91 Å². The highest BCUT2D eigenvalue weighted by atomic mass is 16.7. The van der Waals surface area contributed by atoms with E-state index in [4.69, 9.17) is 25.7 Å². The molecule has 3 heterocycles. The number of methoxy groups -OCH3 is 1. The van der Waals surface area contributed by atoms with Crippen LogP contribution in [0.15, 0.2) is 36.8 Å². The number of carbonyl (C=O) groups is 2. The maximum atomic E-state index is 13.4. The molecule has 1 amide bonds. The summed E-state index contributed by atoms with van der Waals surface area (Å²) in [7, 11) is 1.61. The molecule has 4 N–H and O–H groups in total. The number of fused-ring (bicyclic) bond motifs is 1. The summed E-state index contributed by atoms with van der Waals surface area (Å²) < 4.78 is 17.9. The summed E-state index contributed by atoms with van der Waals surface area (Å²) in [6.45, 7) is 6.04. The van der Waals surface area contributed by atoms with Crippen LogP contribution in [0.5, 0.6) is 5.75 Å². The van der Waals surface area contributed by atoms with Gasteiger partial charge in [0, 0.05) is 24.7 Å². The number of ether oxygens (including phenoxy) is 3. The average Bonchev–Trinajstić information content (AvgIpc) is 3.50. The number of carbonyl (C=O) groups excluding carboxylic acids is 2. The number of nitrogens with two attached hydrogens (primary N) is 2. The Hall–Kier alpha value is -3.86. The van der Waals surface area contributed by atoms with Gasteiger partial charge in [0.15, 0.2) is 6.23 Å². The van der Waals surface area contributed by atoms with E-state index in [9.17, 15) is 9.59 Å². The number of nitrogen functional groups attached to an aromatic ring is 1. The maximum Gasteiger partial charge on any atom is 0.510 e. The van der Waals surface area contributed by atoms with Crippen molar-refractivity contribution in [1.82, 2.24) is 19.4 Å². The molecule has 0 radical (unpaired) electrons. The van der Waals surface area contributed by atoms with Crippen molar-refractivity contribution in [2.45, 2.75) is 51.9 Å². The standard InChI is InChI=1S/C26H34N6O5/c1-5-15(3)22(27)25(33)32-12-17(11-20(32)37-26(34)36-6-2)31-13-19(16-8-7-9-18(10-16)35-4)21-23(28)29-14-30-24(21)31/h7-10,13-15,17,20,22H,5-6,11-12,27H2,1-4H3,(H2,28,29,30). The minimum absolute atomic E-state index is 0.0330. The molecule has 1 saturated heterocycles. The van der Waals surface area contributed by atoms with Crippen molar-refractivity contribution in [3.05, 3.63) is 36.8 Å². The van der Waals surface area contributed by atoms with Gasteiger partial charge in [-0.2, -0.15) is 0 Å². The first-order valence-corrected chi connectivity index (χ1v) is 12.4. The fraction of sp³-hybridized carbons (Fsp3) is 0.462. The van der Waals surface area contributed by atoms with E-state index in [1.165, 1.54) is 11.2 Å². The topological polar surface area (TPSA) is 148 Å². The molecule has 37 heavy (non-hydrogen) atoms. The van der Waals surface area contributed by atoms with Crippen molar-refractivity contribution in [1.29, 1.82) is 0 Å². The van der Waals surface area contributed by atoms with Crippen molar-refractivity contribution in [3.63, 3.8) is 0 Å². The van der Waals surface area contributed by atoms with Crippen LogP contribution in [0, 0.1) is 5.92 Å². The van der Waals surface area contributed by atoms with Gasteiger partial charge in [-0.25, -0.2) is 14.8 Å². The Labute approximate surface area is 215 Å². The second-order valence-electron chi connectivity index (χ2n) is 9.19. The Kier molecular flexibility index (Phi) is 7.82. The zero-order valence-corrected chi connectivity index (χ0v) is 21.6. The van der Waals surface area contributed by atoms with Crippen molar-refractivity contribution in [2.75, 3.05) is 26.0 Å². The third-order valence-electron chi connectivity index (χ3n) is 6.96. The minimum Gasteiger partial charge on any atom is -0.497 e. The van der Waals surface area contributed by atoms with Gasteiger partial charge < -0.3 is 35.1 Å². The Morgan fingerprint density at radius 3 is 2.73 bits per heavy atom. The van der Waals surface area contributed by atoms with E-state index in [1.54, 1.807) is 14.0 Å². The van der Waals surface area contributed by atoms with Crippen molar-refractivity contribution >= 4 is 28.9 Å². The Bertz CT molecular complexity index is 1280. The predicted octanol–water partition coefficient (Wildman–Crippen LogP) is 3.34. The minimum atomic E-state index is -0.830. The van der Waals surface area contributed by atoms with Crippen molar-refractivity contribution in [3.8, 4) is 16.9 Å². The molecule has 3 aromatic rings. The first-order valence-electron chi connectivity index (χ1n) is 12.4. The van der Waals surface area contributed by atoms with Gasteiger partial charge in [0.25, 0.3) is 0 Å². The molecule has 2 aromatic heterocycles. The van der Waals surface area contributed by atoms with Gasteiger partial charge in [0.1, 0.15) is 23.5 Å². The summed E-state index contributed by atoms with van der Waals surface area (Å²) in [5, 5.41) is 0.694. The highest BCUT2D eigenvalue weighted by Gasteiger charge is 2.42. The second kappa shape index (κ2) is 11.0. The van der Waals surface area contributed by atoms with Crippen LogP contribution in [0.2, 0.25) is 0 Å². The van der Waals surface area contributed by atoms with Crippen LogP contribution in [-0.2, 0) is 14.3 Å². The number of amides is 1. The van der Waals surface area contributed by atoms with Crippen molar-refractivity contribution in [2.24, 2.45) is 11.7 Å². The summed E-state index contributed by atoms with van der Waals surface area (Å²) >= 11 is 0. The molecule has 0 spiro atoms. The Morgan fingerprint density at radius 1 is 1.24 bits per heavy atom. The third kappa shape index (κ3) is 5.17. The van der Waals surface area contributed by atoms with Crippen LogP contribution in [0.1, 0.15) is 39.7 Å². The van der Waals surface area contributed by atoms with Crippen LogP contribution in [0.4, 0.5) is 10.6 Å². The lowest BCUT2D eigenvalue weighted by Crippen LogP contribution is -2.50. The highest BCUT2D eigenvalue weighted by Crippen LogP contribution is 2.39. The Morgan fingerprint density at radius 2 is 2.03 bits per heavy atom. The molecule has 0 aliphatic carbocycles. The van der Waals surface area contributed by atoms with E-state index in [-0.39, 0.29) is 31.0 Å². The number of nitrogens with zero attached hydrogens (tertiary/aromatic N) is 4. The van der Waals surface area contributed by atoms with E-state index in [2.05, 4.69) is 9.97 Å².